The maximum Gasteiger partial charge on any atom is 0.161 e. The van der Waals surface area contributed by atoms with Gasteiger partial charge in [-0.15, -0.1) is 0 Å². The molecular formula is C6H6ClFO. The Morgan fingerprint density at radius 2 is 2.44 bits per heavy atom. The highest BCUT2D eigenvalue weighted by Gasteiger charge is 2.20. The van der Waals surface area contributed by atoms with E-state index in [0.29, 0.717) is 0 Å². The first-order chi connectivity index (χ1) is 4.10. The molecule has 1 atom stereocenters. The van der Waals surface area contributed by atoms with Crippen molar-refractivity contribution in [3.8, 4) is 0 Å². The van der Waals surface area contributed by atoms with Crippen LogP contribution in [0, 0.1) is 0 Å². The van der Waals surface area contributed by atoms with Crippen molar-refractivity contribution in [1.82, 2.24) is 0 Å². The number of hydrogen-bond donors (Lipinski definition) is 1. The lowest BCUT2D eigenvalue weighted by molar-refractivity contribution is 0.180. The molecule has 0 unspecified atom stereocenters. The van der Waals surface area contributed by atoms with E-state index in [0.717, 1.165) is 6.08 Å². The Morgan fingerprint density at radius 1 is 1.78 bits per heavy atom. The van der Waals surface area contributed by atoms with E-state index in [2.05, 4.69) is 0 Å². The van der Waals surface area contributed by atoms with Crippen molar-refractivity contribution >= 4 is 11.6 Å². The number of rotatable bonds is 0. The zero-order chi connectivity index (χ0) is 6.91. The fourth-order valence-electron chi connectivity index (χ4n) is 0.584. The van der Waals surface area contributed by atoms with Crippen LogP contribution in [-0.4, -0.2) is 10.2 Å². The fraction of sp³-hybridized carbons (Fsp3) is 0.333. The molecule has 0 heterocycles. The van der Waals surface area contributed by atoms with E-state index in [4.69, 9.17) is 16.7 Å². The highest BCUT2D eigenvalue weighted by Crippen LogP contribution is 2.24. The normalized spacial score (nSPS) is 34.3. The van der Waals surface area contributed by atoms with Gasteiger partial charge in [-0.25, -0.2) is 4.39 Å². The maximum atomic E-state index is 12.1. The summed E-state index contributed by atoms with van der Waals surface area (Å²) in [4.78, 5) is 0. The van der Waals surface area contributed by atoms with Crippen LogP contribution in [0.4, 0.5) is 4.39 Å². The summed E-state index contributed by atoms with van der Waals surface area (Å²) in [5.74, 6) is -0.347. The molecule has 1 rings (SSSR count). The Hall–Kier alpha value is -0.340. The Kier molecular flexibility index (Phi) is 1.60. The fourth-order valence-corrected chi connectivity index (χ4v) is 0.724. The molecule has 0 spiro atoms. The highest BCUT2D eigenvalue weighted by atomic mass is 35.5. The summed E-state index contributed by atoms with van der Waals surface area (Å²) < 4.78 is 12.1. The zero-order valence-electron chi connectivity index (χ0n) is 4.64. The monoisotopic (exact) mass is 148 g/mol. The van der Waals surface area contributed by atoms with Crippen molar-refractivity contribution in [2.75, 3.05) is 0 Å². The number of halogens is 2. The van der Waals surface area contributed by atoms with Gasteiger partial charge >= 0.3 is 0 Å². The smallest absolute Gasteiger partial charge is 0.161 e. The van der Waals surface area contributed by atoms with Crippen molar-refractivity contribution in [2.45, 2.75) is 11.5 Å². The number of alkyl halides is 1. The summed E-state index contributed by atoms with van der Waals surface area (Å²) in [6, 6.07) is 0. The van der Waals surface area contributed by atoms with E-state index in [1.807, 2.05) is 0 Å². The molecule has 0 aromatic carbocycles. The third kappa shape index (κ3) is 1.80. The van der Waals surface area contributed by atoms with Gasteiger partial charge in [-0.3, -0.25) is 0 Å². The van der Waals surface area contributed by atoms with Crippen LogP contribution < -0.4 is 0 Å². The van der Waals surface area contributed by atoms with Crippen molar-refractivity contribution in [3.63, 3.8) is 0 Å². The summed E-state index contributed by atoms with van der Waals surface area (Å²) in [6.45, 7) is 0. The van der Waals surface area contributed by atoms with E-state index in [1.165, 1.54) is 12.2 Å². The second kappa shape index (κ2) is 2.12. The third-order valence-electron chi connectivity index (χ3n) is 1.08. The third-order valence-corrected chi connectivity index (χ3v) is 1.36. The topological polar surface area (TPSA) is 20.2 Å². The predicted molar refractivity (Wildman–Crippen MR) is 33.8 cm³/mol. The van der Waals surface area contributed by atoms with Crippen LogP contribution in [0.15, 0.2) is 24.1 Å². The lowest BCUT2D eigenvalue weighted by atomic mass is 10.1. The summed E-state index contributed by atoms with van der Waals surface area (Å²) >= 11 is 5.39. The van der Waals surface area contributed by atoms with Gasteiger partial charge < -0.3 is 5.11 Å². The Balaban J connectivity index is 2.70. The highest BCUT2D eigenvalue weighted by molar-refractivity contribution is 6.24. The van der Waals surface area contributed by atoms with E-state index in [9.17, 15) is 4.39 Å². The van der Waals surface area contributed by atoms with Gasteiger partial charge in [-0.05, 0) is 18.2 Å². The minimum Gasteiger partial charge on any atom is -0.371 e. The lowest BCUT2D eigenvalue weighted by Crippen LogP contribution is -2.17. The predicted octanol–water partition coefficient (Wildman–Crippen LogP) is 1.73. The quantitative estimate of drug-likeness (QED) is 0.519. The zero-order valence-corrected chi connectivity index (χ0v) is 5.40. The molecule has 0 fully saturated rings. The molecule has 0 radical (unpaired) electrons. The van der Waals surface area contributed by atoms with Gasteiger partial charge in [0.2, 0.25) is 0 Å². The second-order valence-corrected chi connectivity index (χ2v) is 2.60. The van der Waals surface area contributed by atoms with Crippen molar-refractivity contribution in [2.24, 2.45) is 0 Å². The van der Waals surface area contributed by atoms with Gasteiger partial charge in [0, 0.05) is 6.42 Å². The molecule has 0 aliphatic heterocycles. The molecule has 0 saturated carbocycles. The summed E-state index contributed by atoms with van der Waals surface area (Å²) in [5, 5.41) is 7.59. The van der Waals surface area contributed by atoms with Crippen molar-refractivity contribution in [3.05, 3.63) is 24.1 Å². The van der Waals surface area contributed by atoms with Gasteiger partial charge in [-0.2, -0.15) is 0 Å². The molecular weight excluding hydrogens is 143 g/mol. The first-order valence-corrected chi connectivity index (χ1v) is 2.94. The molecule has 0 saturated heterocycles. The van der Waals surface area contributed by atoms with E-state index < -0.39 is 5.06 Å². The molecule has 1 aliphatic carbocycles. The van der Waals surface area contributed by atoms with Gasteiger partial charge in [0.05, 0.1) is 0 Å². The van der Waals surface area contributed by atoms with E-state index >= 15 is 0 Å². The number of hydrogen-bond acceptors (Lipinski definition) is 1. The first kappa shape index (κ1) is 6.78. The molecule has 9 heavy (non-hydrogen) atoms. The lowest BCUT2D eigenvalue weighted by Gasteiger charge is -2.15. The molecule has 50 valence electrons. The summed E-state index contributed by atoms with van der Waals surface area (Å²) in [5.41, 5.74) is 0. The van der Waals surface area contributed by atoms with Crippen molar-refractivity contribution < 1.29 is 9.50 Å². The van der Waals surface area contributed by atoms with Crippen LogP contribution in [-0.2, 0) is 0 Å². The van der Waals surface area contributed by atoms with Crippen LogP contribution in [0.3, 0.4) is 0 Å². The van der Waals surface area contributed by atoms with Crippen LogP contribution >= 0.6 is 11.6 Å². The minimum atomic E-state index is -1.37. The molecule has 0 bridgehead atoms. The van der Waals surface area contributed by atoms with Crippen molar-refractivity contribution in [1.29, 1.82) is 0 Å². The Morgan fingerprint density at radius 3 is 2.78 bits per heavy atom. The summed E-state index contributed by atoms with van der Waals surface area (Å²) in [7, 11) is 0. The largest absolute Gasteiger partial charge is 0.371 e. The van der Waals surface area contributed by atoms with Gasteiger partial charge in [0.1, 0.15) is 5.83 Å². The van der Waals surface area contributed by atoms with E-state index in [1.54, 1.807) is 0 Å². The average molecular weight is 149 g/mol. The number of aliphatic hydroxyl groups is 1. The Bertz CT molecular complexity index is 172. The van der Waals surface area contributed by atoms with Gasteiger partial charge in [-0.1, -0.05) is 11.6 Å². The van der Waals surface area contributed by atoms with E-state index in [-0.39, 0.29) is 12.2 Å². The van der Waals surface area contributed by atoms with Crippen LogP contribution in [0.1, 0.15) is 6.42 Å². The molecule has 0 aromatic heterocycles. The van der Waals surface area contributed by atoms with Gasteiger partial charge in [0.15, 0.2) is 5.06 Å². The molecule has 1 N–H and O–H groups in total. The standard InChI is InChI=1S/C6H6ClFO/c7-6(9)3-1-5(8)2-4-6/h1-3,9H,4H2/t6-/m1/s1. The van der Waals surface area contributed by atoms with Crippen LogP contribution in [0.25, 0.3) is 0 Å². The maximum absolute atomic E-state index is 12.1. The SMILES string of the molecule is O[C@]1(Cl)C=CC(F)=CC1. The minimum absolute atomic E-state index is 0.136. The Labute approximate surface area is 57.4 Å². The molecule has 1 aliphatic rings. The van der Waals surface area contributed by atoms with Crippen LogP contribution in [0.2, 0.25) is 0 Å². The summed E-state index contributed by atoms with van der Waals surface area (Å²) in [6.07, 6.45) is 3.75. The molecule has 1 nitrogen and oxygen atoms in total. The second-order valence-electron chi connectivity index (χ2n) is 1.95. The first-order valence-electron chi connectivity index (χ1n) is 2.56. The van der Waals surface area contributed by atoms with Crippen LogP contribution in [0.5, 0.6) is 0 Å². The molecule has 3 heteroatoms. The molecule has 0 amide bonds. The number of allylic oxidation sites excluding steroid dienone is 2. The molecule has 0 aromatic rings. The van der Waals surface area contributed by atoms with Gasteiger partial charge in [0.25, 0.3) is 0 Å². The average Bonchev–Trinajstić information content (AvgIpc) is 1.78.